The van der Waals surface area contributed by atoms with Crippen LogP contribution in [0.1, 0.15) is 6.42 Å². The van der Waals surface area contributed by atoms with Gasteiger partial charge >= 0.3 is 0 Å². The Morgan fingerprint density at radius 1 is 1.20 bits per heavy atom. The summed E-state index contributed by atoms with van der Waals surface area (Å²) >= 11 is 5.20. The first-order valence-electron chi connectivity index (χ1n) is 9.74. The van der Waals surface area contributed by atoms with Gasteiger partial charge in [-0.1, -0.05) is 45.9 Å². The number of carbonyl (C=O) groups excluding carboxylic acids is 2. The predicted octanol–water partition coefficient (Wildman–Crippen LogP) is 4.41. The normalized spacial score (nSPS) is 18.0. The molecule has 1 atom stereocenters. The highest BCUT2D eigenvalue weighted by molar-refractivity contribution is 9.10. The van der Waals surface area contributed by atoms with Crippen LogP contribution in [0.2, 0.25) is 0 Å². The van der Waals surface area contributed by atoms with Crippen molar-refractivity contribution in [2.75, 3.05) is 22.5 Å². The second-order valence-electron chi connectivity index (χ2n) is 7.40. The number of amides is 2. The van der Waals surface area contributed by atoms with Gasteiger partial charge in [0, 0.05) is 52.9 Å². The number of aryl methyl sites for hydroxylation is 1. The Morgan fingerprint density at radius 3 is 2.80 bits per heavy atom. The molecule has 0 radical (unpaired) electrons. The molecular weight excluding hydrogens is 464 g/mol. The zero-order valence-electron chi connectivity index (χ0n) is 16.0. The van der Waals surface area contributed by atoms with Crippen molar-refractivity contribution in [3.63, 3.8) is 0 Å². The Kier molecular flexibility index (Phi) is 5.12. The number of thioether (sulfide) groups is 1. The van der Waals surface area contributed by atoms with Crippen molar-refractivity contribution in [2.24, 2.45) is 5.92 Å². The van der Waals surface area contributed by atoms with E-state index in [9.17, 15) is 9.59 Å². The zero-order valence-corrected chi connectivity index (χ0v) is 18.4. The van der Waals surface area contributed by atoms with E-state index in [0.29, 0.717) is 6.54 Å². The van der Waals surface area contributed by atoms with E-state index < -0.39 is 0 Å². The smallest absolute Gasteiger partial charge is 0.229 e. The minimum atomic E-state index is -0.371. The molecule has 1 unspecified atom stereocenters. The van der Waals surface area contributed by atoms with Gasteiger partial charge in [-0.3, -0.25) is 9.59 Å². The lowest BCUT2D eigenvalue weighted by Crippen LogP contribution is -2.28. The molecule has 0 aliphatic carbocycles. The van der Waals surface area contributed by atoms with Crippen molar-refractivity contribution >= 4 is 50.9 Å². The number of rotatable bonds is 4. The number of aromatic nitrogens is 2. The number of benzene rings is 2. The van der Waals surface area contributed by atoms with Gasteiger partial charge in [-0.25, -0.2) is 4.98 Å². The number of fused-ring (bicyclic) bond motifs is 1. The fraction of sp³-hybridized carbons (Fsp3) is 0.227. The van der Waals surface area contributed by atoms with Crippen LogP contribution in [0.4, 0.5) is 11.4 Å². The summed E-state index contributed by atoms with van der Waals surface area (Å²) in [4.78, 5) is 31.5. The Hall–Kier alpha value is -2.58. The van der Waals surface area contributed by atoms with E-state index in [-0.39, 0.29) is 24.2 Å². The molecule has 8 heteroatoms. The van der Waals surface area contributed by atoms with Gasteiger partial charge in [0.2, 0.25) is 11.8 Å². The summed E-state index contributed by atoms with van der Waals surface area (Å²) in [5.74, 6) is 0.542. The molecule has 1 N–H and O–H groups in total. The van der Waals surface area contributed by atoms with Crippen LogP contribution in [-0.2, 0) is 16.1 Å². The quantitative estimate of drug-likeness (QED) is 0.597. The first-order chi connectivity index (χ1) is 14.6. The predicted molar refractivity (Wildman–Crippen MR) is 122 cm³/mol. The number of imidazole rings is 1. The molecule has 152 valence electrons. The SMILES string of the molecule is O=C(Nc1ccc(-c2cn3c(n2)SCC3)cc1)C1CC(=O)N(c2cccc(Br)c2)C1. The van der Waals surface area contributed by atoms with E-state index in [4.69, 9.17) is 0 Å². The van der Waals surface area contributed by atoms with Gasteiger partial charge in [-0.2, -0.15) is 0 Å². The number of nitrogens with one attached hydrogen (secondary N) is 1. The molecule has 6 nitrogen and oxygen atoms in total. The van der Waals surface area contributed by atoms with E-state index in [1.807, 2.05) is 48.5 Å². The molecule has 3 aromatic rings. The molecule has 1 saturated heterocycles. The first kappa shape index (κ1) is 19.4. The van der Waals surface area contributed by atoms with Crippen LogP contribution in [0.15, 0.2) is 64.4 Å². The highest BCUT2D eigenvalue weighted by Crippen LogP contribution is 2.30. The Labute approximate surface area is 186 Å². The van der Waals surface area contributed by atoms with Gasteiger partial charge in [0.1, 0.15) is 0 Å². The highest BCUT2D eigenvalue weighted by Gasteiger charge is 2.35. The minimum Gasteiger partial charge on any atom is -0.326 e. The molecule has 2 aliphatic heterocycles. The molecule has 0 saturated carbocycles. The van der Waals surface area contributed by atoms with Gasteiger partial charge in [0.15, 0.2) is 5.16 Å². The first-order valence-corrected chi connectivity index (χ1v) is 11.5. The van der Waals surface area contributed by atoms with E-state index in [0.717, 1.165) is 44.6 Å². The van der Waals surface area contributed by atoms with Crippen LogP contribution >= 0.6 is 27.7 Å². The number of nitrogens with zero attached hydrogens (tertiary/aromatic N) is 3. The van der Waals surface area contributed by atoms with Gasteiger partial charge in [0.05, 0.1) is 11.6 Å². The van der Waals surface area contributed by atoms with E-state index in [2.05, 4.69) is 37.0 Å². The minimum absolute atomic E-state index is 0.0331. The molecule has 30 heavy (non-hydrogen) atoms. The van der Waals surface area contributed by atoms with Crippen molar-refractivity contribution in [1.29, 1.82) is 0 Å². The van der Waals surface area contributed by atoms with Crippen LogP contribution in [0.25, 0.3) is 11.3 Å². The Balaban J connectivity index is 1.24. The third-order valence-electron chi connectivity index (χ3n) is 5.37. The molecule has 0 bridgehead atoms. The average molecular weight is 483 g/mol. The summed E-state index contributed by atoms with van der Waals surface area (Å²) in [5, 5.41) is 4.01. The van der Waals surface area contributed by atoms with Crippen LogP contribution < -0.4 is 10.2 Å². The number of carbonyl (C=O) groups is 2. The summed E-state index contributed by atoms with van der Waals surface area (Å²) in [6.07, 6.45) is 2.29. The summed E-state index contributed by atoms with van der Waals surface area (Å²) < 4.78 is 3.08. The Bertz CT molecular complexity index is 1110. The lowest BCUT2D eigenvalue weighted by Gasteiger charge is -2.17. The van der Waals surface area contributed by atoms with Crippen molar-refractivity contribution in [3.05, 3.63) is 59.2 Å². The van der Waals surface area contributed by atoms with Crippen LogP contribution in [0.3, 0.4) is 0 Å². The molecule has 3 heterocycles. The molecule has 2 aliphatic rings. The van der Waals surface area contributed by atoms with Gasteiger partial charge in [-0.05, 0) is 30.3 Å². The second-order valence-corrected chi connectivity index (χ2v) is 9.38. The zero-order chi connectivity index (χ0) is 20.7. The van der Waals surface area contributed by atoms with Crippen molar-refractivity contribution in [2.45, 2.75) is 18.1 Å². The molecular formula is C22H19BrN4O2S. The van der Waals surface area contributed by atoms with Crippen LogP contribution in [0.5, 0.6) is 0 Å². The maximum absolute atomic E-state index is 12.7. The standard InChI is InChI=1S/C22H19BrN4O2S/c23-16-2-1-3-18(11-16)27-12-15(10-20(27)28)21(29)24-17-6-4-14(5-7-17)19-13-26-8-9-30-22(26)25-19/h1-7,11,13,15H,8-10,12H2,(H,24,29). The molecule has 1 fully saturated rings. The van der Waals surface area contributed by atoms with Crippen molar-refractivity contribution in [1.82, 2.24) is 9.55 Å². The number of halogens is 1. The van der Waals surface area contributed by atoms with Gasteiger partial charge < -0.3 is 14.8 Å². The van der Waals surface area contributed by atoms with Crippen molar-refractivity contribution < 1.29 is 9.59 Å². The summed E-state index contributed by atoms with van der Waals surface area (Å²) in [6, 6.07) is 15.3. The van der Waals surface area contributed by atoms with E-state index in [1.165, 1.54) is 0 Å². The lowest BCUT2D eigenvalue weighted by molar-refractivity contribution is -0.122. The molecule has 0 spiro atoms. The van der Waals surface area contributed by atoms with Crippen LogP contribution in [0, 0.1) is 5.92 Å². The summed E-state index contributed by atoms with van der Waals surface area (Å²) in [7, 11) is 0. The molecule has 2 amide bonds. The average Bonchev–Trinajstić information content (AvgIpc) is 3.43. The second kappa shape index (κ2) is 7.92. The fourth-order valence-corrected chi connectivity index (χ4v) is 5.12. The van der Waals surface area contributed by atoms with Crippen LogP contribution in [-0.4, -0.2) is 33.7 Å². The Morgan fingerprint density at radius 2 is 2.03 bits per heavy atom. The number of hydrogen-bond donors (Lipinski definition) is 1. The number of hydrogen-bond acceptors (Lipinski definition) is 4. The highest BCUT2D eigenvalue weighted by atomic mass is 79.9. The third-order valence-corrected chi connectivity index (χ3v) is 6.83. The number of anilines is 2. The fourth-order valence-electron chi connectivity index (χ4n) is 3.79. The monoisotopic (exact) mass is 482 g/mol. The molecule has 1 aromatic heterocycles. The largest absolute Gasteiger partial charge is 0.326 e. The molecule has 5 rings (SSSR count). The third kappa shape index (κ3) is 3.77. The summed E-state index contributed by atoms with van der Waals surface area (Å²) in [5.41, 5.74) is 3.49. The maximum atomic E-state index is 12.7. The van der Waals surface area contributed by atoms with E-state index in [1.54, 1.807) is 16.7 Å². The van der Waals surface area contributed by atoms with Crippen molar-refractivity contribution in [3.8, 4) is 11.3 Å². The topological polar surface area (TPSA) is 67.2 Å². The molecule has 2 aromatic carbocycles. The maximum Gasteiger partial charge on any atom is 0.229 e. The van der Waals surface area contributed by atoms with Gasteiger partial charge in [0.25, 0.3) is 0 Å². The summed E-state index contributed by atoms with van der Waals surface area (Å²) in [6.45, 7) is 1.38. The van der Waals surface area contributed by atoms with Gasteiger partial charge in [-0.15, -0.1) is 0 Å². The lowest BCUT2D eigenvalue weighted by atomic mass is 10.1. The van der Waals surface area contributed by atoms with E-state index >= 15 is 0 Å².